The van der Waals surface area contributed by atoms with E-state index in [2.05, 4.69) is 0 Å². The van der Waals surface area contributed by atoms with E-state index in [4.69, 9.17) is 9.47 Å². The van der Waals surface area contributed by atoms with Crippen LogP contribution in [0.5, 0.6) is 5.75 Å². The Bertz CT molecular complexity index is 943. The van der Waals surface area contributed by atoms with Crippen LogP contribution in [0.1, 0.15) is 26.3 Å². The second-order valence-corrected chi connectivity index (χ2v) is 7.76. The van der Waals surface area contributed by atoms with Crippen LogP contribution < -0.4 is 4.74 Å². The third-order valence-corrected chi connectivity index (χ3v) is 5.90. The van der Waals surface area contributed by atoms with E-state index in [0.717, 1.165) is 21.1 Å². The van der Waals surface area contributed by atoms with Crippen molar-refractivity contribution in [1.82, 2.24) is 9.80 Å². The van der Waals surface area contributed by atoms with E-state index >= 15 is 0 Å². The first-order valence-corrected chi connectivity index (χ1v) is 10.6. The molecule has 1 aliphatic rings. The molecule has 0 N–H and O–H groups in total. The van der Waals surface area contributed by atoms with Crippen molar-refractivity contribution in [3.8, 4) is 5.75 Å². The first-order chi connectivity index (χ1) is 14.4. The minimum absolute atomic E-state index is 0.0877. The molecule has 30 heavy (non-hydrogen) atoms. The molecule has 3 rings (SSSR count). The zero-order valence-corrected chi connectivity index (χ0v) is 18.2. The summed E-state index contributed by atoms with van der Waals surface area (Å²) in [5.41, 5.74) is 1.64. The second kappa shape index (κ2) is 9.32. The summed E-state index contributed by atoms with van der Waals surface area (Å²) >= 11 is 1.58. The van der Waals surface area contributed by atoms with E-state index in [0.29, 0.717) is 17.7 Å². The maximum atomic E-state index is 12.7. The molecular formula is C22H24N2O5S. The zero-order valence-electron chi connectivity index (χ0n) is 17.4. The van der Waals surface area contributed by atoms with Crippen LogP contribution in [0.15, 0.2) is 47.4 Å². The van der Waals surface area contributed by atoms with Crippen molar-refractivity contribution < 1.29 is 23.9 Å². The van der Waals surface area contributed by atoms with Gasteiger partial charge in [-0.05, 0) is 43.1 Å². The lowest BCUT2D eigenvalue weighted by Gasteiger charge is -2.29. The van der Waals surface area contributed by atoms with E-state index in [-0.39, 0.29) is 6.54 Å². The number of thioether (sulfide) groups is 1. The van der Waals surface area contributed by atoms with Crippen LogP contribution in [-0.4, -0.2) is 67.7 Å². The number of fused-ring (bicyclic) bond motifs is 1. The van der Waals surface area contributed by atoms with Crippen LogP contribution in [0.3, 0.4) is 0 Å². The number of imide groups is 1. The van der Waals surface area contributed by atoms with Crippen molar-refractivity contribution in [2.75, 3.05) is 34.1 Å². The molecule has 2 aromatic carbocycles. The maximum Gasteiger partial charge on any atom is 0.324 e. The molecule has 1 heterocycles. The fourth-order valence-corrected chi connectivity index (χ4v) is 4.03. The number of likely N-dealkylation sites (N-methyl/N-ethyl adjacent to an activating group) is 1. The van der Waals surface area contributed by atoms with E-state index in [1.54, 1.807) is 55.1 Å². The predicted molar refractivity (Wildman–Crippen MR) is 114 cm³/mol. The fraction of sp³-hybridized carbons (Fsp3) is 0.318. The SMILES string of the molecule is COC(=O)[C@@H](CN1C(=O)c2ccccc2C1=O)N(C)Cc1ccc(SC)c(OC)c1. The Morgan fingerprint density at radius 1 is 1.10 bits per heavy atom. The van der Waals surface area contributed by atoms with E-state index in [1.807, 2.05) is 24.5 Å². The highest BCUT2D eigenvalue weighted by Crippen LogP contribution is 2.29. The Labute approximate surface area is 179 Å². The van der Waals surface area contributed by atoms with Crippen LogP contribution in [0.25, 0.3) is 0 Å². The number of esters is 1. The van der Waals surface area contributed by atoms with Gasteiger partial charge in [-0.1, -0.05) is 18.2 Å². The fourth-order valence-electron chi connectivity index (χ4n) is 3.48. The molecule has 0 radical (unpaired) electrons. The van der Waals surface area contributed by atoms with E-state index in [1.165, 1.54) is 7.11 Å². The number of methoxy groups -OCH3 is 2. The van der Waals surface area contributed by atoms with Gasteiger partial charge in [-0.15, -0.1) is 11.8 Å². The van der Waals surface area contributed by atoms with E-state index in [9.17, 15) is 14.4 Å². The third kappa shape index (κ3) is 4.20. The highest BCUT2D eigenvalue weighted by atomic mass is 32.2. The van der Waals surface area contributed by atoms with Gasteiger partial charge < -0.3 is 9.47 Å². The number of benzene rings is 2. The lowest BCUT2D eigenvalue weighted by molar-refractivity contribution is -0.146. The quantitative estimate of drug-likeness (QED) is 0.363. The summed E-state index contributed by atoms with van der Waals surface area (Å²) in [4.78, 5) is 41.8. The standard InChI is InChI=1S/C22H24N2O5S/c1-23(12-14-9-10-19(30-4)18(11-14)28-2)17(22(27)29-3)13-24-20(25)15-7-5-6-8-16(15)21(24)26/h5-11,17H,12-13H2,1-4H3/t17-/m1/s1. The van der Waals surface area contributed by atoms with Gasteiger partial charge in [0.15, 0.2) is 0 Å². The molecule has 0 aromatic heterocycles. The van der Waals surface area contributed by atoms with Crippen molar-refractivity contribution in [3.63, 3.8) is 0 Å². The molecule has 0 unspecified atom stereocenters. The van der Waals surface area contributed by atoms with Crippen molar-refractivity contribution in [2.45, 2.75) is 17.5 Å². The number of hydrogen-bond donors (Lipinski definition) is 0. The second-order valence-electron chi connectivity index (χ2n) is 6.91. The monoisotopic (exact) mass is 428 g/mol. The van der Waals surface area contributed by atoms with Gasteiger partial charge in [-0.2, -0.15) is 0 Å². The van der Waals surface area contributed by atoms with Crippen LogP contribution in [0, 0.1) is 0 Å². The normalized spacial score (nSPS) is 14.1. The number of amides is 2. The smallest absolute Gasteiger partial charge is 0.324 e. The molecule has 2 amide bonds. The number of ether oxygens (including phenoxy) is 2. The number of carbonyl (C=O) groups excluding carboxylic acids is 3. The molecule has 0 saturated heterocycles. The molecule has 0 bridgehead atoms. The van der Waals surface area contributed by atoms with Crippen molar-refractivity contribution in [2.24, 2.45) is 0 Å². The van der Waals surface area contributed by atoms with Crippen molar-refractivity contribution >= 4 is 29.5 Å². The molecule has 1 aliphatic heterocycles. The number of rotatable bonds is 8. The molecule has 8 heteroatoms. The van der Waals surface area contributed by atoms with Gasteiger partial charge in [0.25, 0.3) is 11.8 Å². The van der Waals surface area contributed by atoms with E-state index < -0.39 is 23.8 Å². The predicted octanol–water partition coefficient (Wildman–Crippen LogP) is 2.69. The zero-order chi connectivity index (χ0) is 21.8. The highest BCUT2D eigenvalue weighted by molar-refractivity contribution is 7.98. The average Bonchev–Trinajstić information content (AvgIpc) is 3.01. The molecule has 1 atom stereocenters. The molecule has 2 aromatic rings. The summed E-state index contributed by atoms with van der Waals surface area (Å²) in [5, 5.41) is 0. The van der Waals surface area contributed by atoms with Gasteiger partial charge in [0.05, 0.1) is 31.9 Å². The van der Waals surface area contributed by atoms with Crippen molar-refractivity contribution in [1.29, 1.82) is 0 Å². The average molecular weight is 429 g/mol. The molecular weight excluding hydrogens is 404 g/mol. The van der Waals surface area contributed by atoms with Gasteiger partial charge in [0.2, 0.25) is 0 Å². The highest BCUT2D eigenvalue weighted by Gasteiger charge is 2.39. The van der Waals surface area contributed by atoms with Crippen LogP contribution in [-0.2, 0) is 16.1 Å². The Hall–Kier alpha value is -2.84. The Kier molecular flexibility index (Phi) is 6.79. The summed E-state index contributed by atoms with van der Waals surface area (Å²) in [7, 11) is 4.67. The Balaban J connectivity index is 1.81. The van der Waals surface area contributed by atoms with Crippen LogP contribution >= 0.6 is 11.8 Å². The number of hydrogen-bond acceptors (Lipinski definition) is 7. The molecule has 0 aliphatic carbocycles. The van der Waals surface area contributed by atoms with Gasteiger partial charge >= 0.3 is 5.97 Å². The topological polar surface area (TPSA) is 76.2 Å². The molecule has 7 nitrogen and oxygen atoms in total. The minimum Gasteiger partial charge on any atom is -0.496 e. The summed E-state index contributed by atoms with van der Waals surface area (Å²) in [5.74, 6) is -0.557. The summed E-state index contributed by atoms with van der Waals surface area (Å²) in [6.07, 6.45) is 1.97. The molecule has 0 fully saturated rings. The van der Waals surface area contributed by atoms with Crippen LogP contribution in [0.4, 0.5) is 0 Å². The van der Waals surface area contributed by atoms with Gasteiger partial charge in [-0.25, -0.2) is 0 Å². The lowest BCUT2D eigenvalue weighted by atomic mass is 10.1. The Morgan fingerprint density at radius 3 is 2.27 bits per heavy atom. The summed E-state index contributed by atoms with van der Waals surface area (Å²) in [6, 6.07) is 11.7. The number of carbonyl (C=O) groups is 3. The van der Waals surface area contributed by atoms with Crippen molar-refractivity contribution in [3.05, 3.63) is 59.2 Å². The maximum absolute atomic E-state index is 12.7. The first-order valence-electron chi connectivity index (χ1n) is 9.35. The lowest BCUT2D eigenvalue weighted by Crippen LogP contribution is -2.48. The Morgan fingerprint density at radius 2 is 1.73 bits per heavy atom. The van der Waals surface area contributed by atoms with Gasteiger partial charge in [0.1, 0.15) is 11.8 Å². The molecule has 0 spiro atoms. The minimum atomic E-state index is -0.802. The summed E-state index contributed by atoms with van der Waals surface area (Å²) < 4.78 is 10.4. The van der Waals surface area contributed by atoms with Gasteiger partial charge in [0, 0.05) is 11.4 Å². The van der Waals surface area contributed by atoms with Crippen LogP contribution in [0.2, 0.25) is 0 Å². The third-order valence-electron chi connectivity index (χ3n) is 5.12. The molecule has 0 saturated carbocycles. The first kappa shape index (κ1) is 21.9. The van der Waals surface area contributed by atoms with Gasteiger partial charge in [-0.3, -0.25) is 24.2 Å². The largest absolute Gasteiger partial charge is 0.496 e. The number of nitrogens with zero attached hydrogens (tertiary/aromatic N) is 2. The summed E-state index contributed by atoms with van der Waals surface area (Å²) in [6.45, 7) is 0.323. The molecule has 158 valence electrons.